The Kier molecular flexibility index (Phi) is 6.11. The van der Waals surface area contributed by atoms with Gasteiger partial charge in [-0.05, 0) is 44.7 Å². The van der Waals surface area contributed by atoms with Crippen LogP contribution in [-0.2, 0) is 4.79 Å². The Labute approximate surface area is 116 Å². The van der Waals surface area contributed by atoms with E-state index in [0.717, 1.165) is 32.4 Å². The maximum atomic E-state index is 12.4. The summed E-state index contributed by atoms with van der Waals surface area (Å²) in [6.07, 6.45) is 8.86. The summed E-state index contributed by atoms with van der Waals surface area (Å²) in [7, 11) is 0. The average Bonchev–Trinajstić information content (AvgIpc) is 2.96. The third-order valence-corrected chi connectivity index (χ3v) is 4.61. The smallest absolute Gasteiger partial charge is 0.222 e. The van der Waals surface area contributed by atoms with E-state index in [9.17, 15) is 9.90 Å². The Hall–Kier alpha value is -0.610. The molecule has 0 aromatic heterocycles. The van der Waals surface area contributed by atoms with Gasteiger partial charge in [0.15, 0.2) is 0 Å². The highest BCUT2D eigenvalue weighted by molar-refractivity contribution is 5.76. The maximum Gasteiger partial charge on any atom is 0.222 e. The average molecular weight is 268 g/mol. The molecule has 4 nitrogen and oxygen atoms in total. The predicted octanol–water partition coefficient (Wildman–Crippen LogP) is 1.53. The second-order valence-electron chi connectivity index (χ2n) is 6.00. The third-order valence-electron chi connectivity index (χ3n) is 4.61. The zero-order valence-electron chi connectivity index (χ0n) is 11.9. The molecule has 0 radical (unpaired) electrons. The molecule has 1 heterocycles. The molecule has 2 N–H and O–H groups in total. The summed E-state index contributed by atoms with van der Waals surface area (Å²) in [6, 6.07) is 0.384. The van der Waals surface area contributed by atoms with E-state index in [0.29, 0.717) is 24.9 Å². The number of aliphatic hydroxyl groups excluding tert-OH is 1. The van der Waals surface area contributed by atoms with Crippen LogP contribution in [0.1, 0.15) is 51.4 Å². The SMILES string of the molecule is O=C(CCC1CCNC1)N(CCO)C1CCCCC1. The van der Waals surface area contributed by atoms with E-state index < -0.39 is 0 Å². The molecule has 4 heteroatoms. The van der Waals surface area contributed by atoms with Crippen molar-refractivity contribution >= 4 is 5.91 Å². The first-order chi connectivity index (χ1) is 9.31. The number of aliphatic hydroxyl groups is 1. The molecule has 2 aliphatic rings. The Morgan fingerprint density at radius 3 is 2.63 bits per heavy atom. The summed E-state index contributed by atoms with van der Waals surface area (Å²) in [4.78, 5) is 14.3. The molecular formula is C15H28N2O2. The fraction of sp³-hybridized carbons (Fsp3) is 0.933. The number of amides is 1. The van der Waals surface area contributed by atoms with Crippen molar-refractivity contribution in [2.45, 2.75) is 57.4 Å². The molecule has 1 aliphatic heterocycles. The Morgan fingerprint density at radius 2 is 2.00 bits per heavy atom. The first kappa shape index (κ1) is 14.8. The van der Waals surface area contributed by atoms with Gasteiger partial charge >= 0.3 is 0 Å². The summed E-state index contributed by atoms with van der Waals surface area (Å²) in [5.74, 6) is 0.930. The van der Waals surface area contributed by atoms with Crippen LogP contribution in [-0.4, -0.2) is 48.2 Å². The quantitative estimate of drug-likeness (QED) is 0.768. The minimum Gasteiger partial charge on any atom is -0.395 e. The second-order valence-corrected chi connectivity index (χ2v) is 6.00. The first-order valence-corrected chi connectivity index (χ1v) is 7.92. The Morgan fingerprint density at radius 1 is 1.21 bits per heavy atom. The molecule has 2 rings (SSSR count). The number of nitrogens with zero attached hydrogens (tertiary/aromatic N) is 1. The fourth-order valence-corrected chi connectivity index (χ4v) is 3.44. The molecule has 19 heavy (non-hydrogen) atoms. The van der Waals surface area contributed by atoms with Crippen molar-refractivity contribution in [3.8, 4) is 0 Å². The van der Waals surface area contributed by atoms with E-state index in [1.165, 1.54) is 25.7 Å². The van der Waals surface area contributed by atoms with Crippen molar-refractivity contribution in [2.75, 3.05) is 26.2 Å². The van der Waals surface area contributed by atoms with Crippen LogP contribution in [0.5, 0.6) is 0 Å². The van der Waals surface area contributed by atoms with E-state index in [2.05, 4.69) is 5.32 Å². The van der Waals surface area contributed by atoms with Gasteiger partial charge in [0.1, 0.15) is 0 Å². The van der Waals surface area contributed by atoms with Gasteiger partial charge in [-0.2, -0.15) is 0 Å². The van der Waals surface area contributed by atoms with Gasteiger partial charge in [0, 0.05) is 19.0 Å². The first-order valence-electron chi connectivity index (χ1n) is 7.92. The van der Waals surface area contributed by atoms with Gasteiger partial charge in [-0.15, -0.1) is 0 Å². The second kappa shape index (κ2) is 7.85. The monoisotopic (exact) mass is 268 g/mol. The molecule has 0 aromatic carbocycles. The van der Waals surface area contributed by atoms with Crippen molar-refractivity contribution in [1.82, 2.24) is 10.2 Å². The van der Waals surface area contributed by atoms with E-state index in [1.54, 1.807) is 0 Å². The van der Waals surface area contributed by atoms with Crippen molar-refractivity contribution in [3.05, 3.63) is 0 Å². The van der Waals surface area contributed by atoms with Crippen LogP contribution >= 0.6 is 0 Å². The van der Waals surface area contributed by atoms with Crippen LogP contribution in [0.15, 0.2) is 0 Å². The predicted molar refractivity (Wildman–Crippen MR) is 75.9 cm³/mol. The molecule has 0 bridgehead atoms. The van der Waals surface area contributed by atoms with E-state index in [-0.39, 0.29) is 12.5 Å². The number of hydrogen-bond donors (Lipinski definition) is 2. The highest BCUT2D eigenvalue weighted by Crippen LogP contribution is 2.24. The van der Waals surface area contributed by atoms with Crippen LogP contribution in [0, 0.1) is 5.92 Å². The van der Waals surface area contributed by atoms with Crippen LogP contribution in [0.2, 0.25) is 0 Å². The standard InChI is InChI=1S/C15H28N2O2/c18-11-10-17(14-4-2-1-3-5-14)15(19)7-6-13-8-9-16-12-13/h13-14,16,18H,1-12H2. The summed E-state index contributed by atoms with van der Waals surface area (Å²) in [6.45, 7) is 2.78. The molecule has 1 aliphatic carbocycles. The van der Waals surface area contributed by atoms with Crippen molar-refractivity contribution in [3.63, 3.8) is 0 Å². The molecule has 1 unspecified atom stereocenters. The van der Waals surface area contributed by atoms with Gasteiger partial charge in [-0.3, -0.25) is 4.79 Å². The van der Waals surface area contributed by atoms with Crippen LogP contribution < -0.4 is 5.32 Å². The number of nitrogens with one attached hydrogen (secondary N) is 1. The van der Waals surface area contributed by atoms with Gasteiger partial charge in [-0.1, -0.05) is 19.3 Å². The lowest BCUT2D eigenvalue weighted by Crippen LogP contribution is -2.43. The number of carbonyl (C=O) groups is 1. The Bertz CT molecular complexity index is 271. The molecule has 0 aromatic rings. The van der Waals surface area contributed by atoms with Gasteiger partial charge < -0.3 is 15.3 Å². The summed E-state index contributed by atoms with van der Waals surface area (Å²) in [5, 5.41) is 12.5. The van der Waals surface area contributed by atoms with E-state index in [4.69, 9.17) is 0 Å². The number of rotatable bonds is 6. The van der Waals surface area contributed by atoms with Gasteiger partial charge in [0.05, 0.1) is 6.61 Å². The minimum atomic E-state index is 0.0905. The number of carbonyl (C=O) groups excluding carboxylic acids is 1. The molecule has 1 atom stereocenters. The molecular weight excluding hydrogens is 240 g/mol. The van der Waals surface area contributed by atoms with Gasteiger partial charge in [-0.25, -0.2) is 0 Å². The third kappa shape index (κ3) is 4.46. The Balaban J connectivity index is 1.80. The summed E-state index contributed by atoms with van der Waals surface area (Å²) < 4.78 is 0. The summed E-state index contributed by atoms with van der Waals surface area (Å²) in [5.41, 5.74) is 0. The van der Waals surface area contributed by atoms with Crippen LogP contribution in [0.4, 0.5) is 0 Å². The minimum absolute atomic E-state index is 0.0905. The van der Waals surface area contributed by atoms with Crippen LogP contribution in [0.25, 0.3) is 0 Å². The molecule has 110 valence electrons. The molecule has 1 saturated carbocycles. The topological polar surface area (TPSA) is 52.6 Å². The zero-order chi connectivity index (χ0) is 13.5. The lowest BCUT2D eigenvalue weighted by atomic mass is 9.93. The number of hydrogen-bond acceptors (Lipinski definition) is 3. The largest absolute Gasteiger partial charge is 0.395 e. The molecule has 1 amide bonds. The highest BCUT2D eigenvalue weighted by Gasteiger charge is 2.25. The lowest BCUT2D eigenvalue weighted by molar-refractivity contribution is -0.135. The van der Waals surface area contributed by atoms with Crippen LogP contribution in [0.3, 0.4) is 0 Å². The lowest BCUT2D eigenvalue weighted by Gasteiger charge is -2.34. The maximum absolute atomic E-state index is 12.4. The normalized spacial score (nSPS) is 24.6. The van der Waals surface area contributed by atoms with E-state index >= 15 is 0 Å². The summed E-state index contributed by atoms with van der Waals surface area (Å²) >= 11 is 0. The molecule has 2 fully saturated rings. The fourth-order valence-electron chi connectivity index (χ4n) is 3.44. The van der Waals surface area contributed by atoms with Gasteiger partial charge in [0.2, 0.25) is 5.91 Å². The van der Waals surface area contributed by atoms with Crippen molar-refractivity contribution in [1.29, 1.82) is 0 Å². The highest BCUT2D eigenvalue weighted by atomic mass is 16.3. The van der Waals surface area contributed by atoms with Crippen molar-refractivity contribution in [2.24, 2.45) is 5.92 Å². The van der Waals surface area contributed by atoms with Crippen molar-refractivity contribution < 1.29 is 9.90 Å². The van der Waals surface area contributed by atoms with Gasteiger partial charge in [0.25, 0.3) is 0 Å². The molecule has 0 spiro atoms. The molecule has 1 saturated heterocycles. The zero-order valence-corrected chi connectivity index (χ0v) is 11.9. The van der Waals surface area contributed by atoms with E-state index in [1.807, 2.05) is 4.90 Å².